The molecule has 0 saturated carbocycles. The molecule has 1 aromatic carbocycles. The number of Topliss-reactive ketones (excluding diaryl/α,β-unsaturated/α-hetero) is 1. The summed E-state index contributed by atoms with van der Waals surface area (Å²) in [7, 11) is 0. The molecule has 0 fully saturated rings. The summed E-state index contributed by atoms with van der Waals surface area (Å²) < 4.78 is 11.0. The minimum Gasteiger partial charge on any atom is -0.463 e. The number of carbonyl (C=O) groups excluding carboxylic acids is 2. The highest BCUT2D eigenvalue weighted by molar-refractivity contribution is 6.31. The van der Waals surface area contributed by atoms with Gasteiger partial charge in [-0.25, -0.2) is 4.79 Å². The Morgan fingerprint density at radius 2 is 2.07 bits per heavy atom. The highest BCUT2D eigenvalue weighted by Crippen LogP contribution is 2.45. The Bertz CT molecular complexity index is 862. The number of nitrogens with one attached hydrogen (secondary N) is 1. The number of ketones is 1. The lowest BCUT2D eigenvalue weighted by atomic mass is 9.73. The number of hydrogen-bond acceptors (Lipinski definition) is 6. The molecule has 0 spiro atoms. The molecule has 29 heavy (non-hydrogen) atoms. The summed E-state index contributed by atoms with van der Waals surface area (Å²) in [6.07, 6.45) is 1.16. The normalized spacial score (nSPS) is 21.7. The summed E-state index contributed by atoms with van der Waals surface area (Å²) in [6, 6.07) is 7.30. The zero-order valence-electron chi connectivity index (χ0n) is 16.8. The Balaban J connectivity index is 2.17. The molecule has 0 radical (unpaired) electrons. The summed E-state index contributed by atoms with van der Waals surface area (Å²) >= 11 is 6.51. The highest BCUT2D eigenvalue weighted by atomic mass is 35.5. The molecular formula is C22H27ClN2O4. The molecule has 3 N–H and O–H groups in total. The second-order valence-electron chi connectivity index (χ2n) is 7.36. The van der Waals surface area contributed by atoms with Gasteiger partial charge in [-0.3, -0.25) is 4.79 Å². The van der Waals surface area contributed by atoms with Gasteiger partial charge in [-0.05, 0) is 30.9 Å². The molecule has 0 bridgehead atoms. The van der Waals surface area contributed by atoms with Crippen LogP contribution in [0.1, 0.15) is 38.2 Å². The van der Waals surface area contributed by atoms with E-state index in [0.717, 1.165) is 12.1 Å². The van der Waals surface area contributed by atoms with Crippen LogP contribution < -0.4 is 11.1 Å². The third kappa shape index (κ3) is 4.55. The summed E-state index contributed by atoms with van der Waals surface area (Å²) in [5.41, 5.74) is 8.66. The molecular weight excluding hydrogens is 392 g/mol. The van der Waals surface area contributed by atoms with Crippen molar-refractivity contribution >= 4 is 23.4 Å². The number of esters is 1. The number of hydrogen-bond donors (Lipinski definition) is 2. The predicted octanol–water partition coefficient (Wildman–Crippen LogP) is 3.07. The van der Waals surface area contributed by atoms with E-state index in [1.807, 2.05) is 25.1 Å². The van der Waals surface area contributed by atoms with E-state index < -0.39 is 11.9 Å². The van der Waals surface area contributed by atoms with E-state index in [2.05, 4.69) is 5.32 Å². The first-order chi connectivity index (χ1) is 14.0. The zero-order chi connectivity index (χ0) is 21.0. The SMILES string of the molecule is CCOC(=O)C1=C(COCCN)NC2=C(C(=O)CC(C)C2)C1c1ccccc1Cl. The third-order valence-electron chi connectivity index (χ3n) is 5.14. The molecule has 1 aliphatic heterocycles. The van der Waals surface area contributed by atoms with Crippen molar-refractivity contribution in [2.75, 3.05) is 26.4 Å². The van der Waals surface area contributed by atoms with Crippen LogP contribution in [0.25, 0.3) is 0 Å². The topological polar surface area (TPSA) is 90.7 Å². The number of nitrogens with two attached hydrogens (primary N) is 1. The molecule has 1 aliphatic carbocycles. The van der Waals surface area contributed by atoms with Crippen molar-refractivity contribution < 1.29 is 19.1 Å². The van der Waals surface area contributed by atoms with Crippen LogP contribution >= 0.6 is 11.6 Å². The van der Waals surface area contributed by atoms with Crippen molar-refractivity contribution in [3.63, 3.8) is 0 Å². The van der Waals surface area contributed by atoms with Gasteiger partial charge in [0.2, 0.25) is 0 Å². The monoisotopic (exact) mass is 418 g/mol. The second kappa shape index (κ2) is 9.57. The molecule has 156 valence electrons. The fourth-order valence-corrected chi connectivity index (χ4v) is 4.23. The van der Waals surface area contributed by atoms with Gasteiger partial charge >= 0.3 is 5.97 Å². The van der Waals surface area contributed by atoms with Gasteiger partial charge in [0.25, 0.3) is 0 Å². The van der Waals surface area contributed by atoms with Crippen molar-refractivity contribution in [3.05, 3.63) is 57.4 Å². The molecule has 1 heterocycles. The summed E-state index contributed by atoms with van der Waals surface area (Å²) in [4.78, 5) is 26.1. The minimum absolute atomic E-state index is 0.0277. The van der Waals surface area contributed by atoms with Gasteiger partial charge in [0.1, 0.15) is 0 Å². The first-order valence-electron chi connectivity index (χ1n) is 9.93. The minimum atomic E-state index is -0.588. The van der Waals surface area contributed by atoms with Gasteiger partial charge in [0.15, 0.2) is 5.78 Å². The second-order valence-corrected chi connectivity index (χ2v) is 7.77. The lowest BCUT2D eigenvalue weighted by Crippen LogP contribution is -2.38. The van der Waals surface area contributed by atoms with E-state index >= 15 is 0 Å². The highest BCUT2D eigenvalue weighted by Gasteiger charge is 2.41. The van der Waals surface area contributed by atoms with Crippen LogP contribution in [0.4, 0.5) is 0 Å². The lowest BCUT2D eigenvalue weighted by Gasteiger charge is -2.36. The quantitative estimate of drug-likeness (QED) is 0.522. The van der Waals surface area contributed by atoms with E-state index in [1.54, 1.807) is 13.0 Å². The maximum absolute atomic E-state index is 13.1. The molecule has 6 nitrogen and oxygen atoms in total. The molecule has 0 saturated heterocycles. The summed E-state index contributed by atoms with van der Waals surface area (Å²) in [5, 5.41) is 3.81. The lowest BCUT2D eigenvalue weighted by molar-refractivity contribution is -0.139. The molecule has 1 aromatic rings. The Morgan fingerprint density at radius 1 is 1.31 bits per heavy atom. The van der Waals surface area contributed by atoms with E-state index in [9.17, 15) is 9.59 Å². The van der Waals surface area contributed by atoms with Gasteiger partial charge in [-0.1, -0.05) is 36.7 Å². The Labute approximate surface area is 176 Å². The van der Waals surface area contributed by atoms with Crippen LogP contribution in [-0.4, -0.2) is 38.1 Å². The average Bonchev–Trinajstić information content (AvgIpc) is 2.67. The zero-order valence-corrected chi connectivity index (χ0v) is 17.6. The van der Waals surface area contributed by atoms with Gasteiger partial charge in [0, 0.05) is 35.2 Å². The van der Waals surface area contributed by atoms with Gasteiger partial charge in [-0.15, -0.1) is 0 Å². The van der Waals surface area contributed by atoms with E-state index in [-0.39, 0.29) is 24.9 Å². The van der Waals surface area contributed by atoms with Gasteiger partial charge in [0.05, 0.1) is 31.1 Å². The number of allylic oxidation sites excluding steroid dienone is 2. The van der Waals surface area contributed by atoms with Crippen LogP contribution in [0, 0.1) is 5.92 Å². The molecule has 0 aromatic heterocycles. The van der Waals surface area contributed by atoms with Crippen molar-refractivity contribution in [1.82, 2.24) is 5.32 Å². The van der Waals surface area contributed by atoms with Crippen molar-refractivity contribution in [2.24, 2.45) is 11.7 Å². The van der Waals surface area contributed by atoms with Crippen LogP contribution in [0.5, 0.6) is 0 Å². The average molecular weight is 419 g/mol. The number of benzene rings is 1. The third-order valence-corrected chi connectivity index (χ3v) is 5.48. The first-order valence-corrected chi connectivity index (χ1v) is 10.3. The van der Waals surface area contributed by atoms with E-state index in [0.29, 0.717) is 47.0 Å². The molecule has 2 atom stereocenters. The molecule has 0 amide bonds. The standard InChI is InChI=1S/C22H27ClN2O4/c1-3-29-22(27)21-17(12-28-9-8-24)25-16-10-13(2)11-18(26)20(16)19(21)14-6-4-5-7-15(14)23/h4-7,13,19,25H,3,8-12,24H2,1-2H3. The maximum atomic E-state index is 13.1. The first kappa shape index (κ1) is 21.6. The Hall–Kier alpha value is -2.15. The molecule has 2 unspecified atom stereocenters. The van der Waals surface area contributed by atoms with E-state index in [1.165, 1.54) is 0 Å². The molecule has 7 heteroatoms. The number of halogens is 1. The fourth-order valence-electron chi connectivity index (χ4n) is 3.99. The summed E-state index contributed by atoms with van der Waals surface area (Å²) in [5.74, 6) is -0.819. The Morgan fingerprint density at radius 3 is 2.76 bits per heavy atom. The summed E-state index contributed by atoms with van der Waals surface area (Å²) in [6.45, 7) is 4.93. The van der Waals surface area contributed by atoms with Crippen LogP contribution in [0.15, 0.2) is 46.8 Å². The molecule has 3 rings (SSSR count). The van der Waals surface area contributed by atoms with E-state index in [4.69, 9.17) is 26.8 Å². The largest absolute Gasteiger partial charge is 0.463 e. The Kier molecular flexibility index (Phi) is 7.11. The predicted molar refractivity (Wildman–Crippen MR) is 111 cm³/mol. The van der Waals surface area contributed by atoms with Gasteiger partial charge < -0.3 is 20.5 Å². The van der Waals surface area contributed by atoms with Crippen LogP contribution in [-0.2, 0) is 19.1 Å². The smallest absolute Gasteiger partial charge is 0.336 e. The van der Waals surface area contributed by atoms with Gasteiger partial charge in [-0.2, -0.15) is 0 Å². The fraction of sp³-hybridized carbons (Fsp3) is 0.455. The van der Waals surface area contributed by atoms with Crippen molar-refractivity contribution in [1.29, 1.82) is 0 Å². The van der Waals surface area contributed by atoms with Crippen molar-refractivity contribution in [3.8, 4) is 0 Å². The van der Waals surface area contributed by atoms with Crippen molar-refractivity contribution in [2.45, 2.75) is 32.6 Å². The number of rotatable bonds is 7. The van der Waals surface area contributed by atoms with Crippen LogP contribution in [0.3, 0.4) is 0 Å². The molecule has 2 aliphatic rings. The number of ether oxygens (including phenoxy) is 2. The number of dihydropyridines is 1. The maximum Gasteiger partial charge on any atom is 0.336 e. The van der Waals surface area contributed by atoms with Crippen LogP contribution in [0.2, 0.25) is 5.02 Å². The number of carbonyl (C=O) groups is 2.